The highest BCUT2D eigenvalue weighted by Crippen LogP contribution is 2.35. The maximum absolute atomic E-state index is 5.28. The molecule has 2 rings (SSSR count). The minimum Gasteiger partial charge on any atom is -0.369 e. The van der Waals surface area contributed by atoms with Gasteiger partial charge in [-0.05, 0) is 13.2 Å². The molecule has 6 heteroatoms. The van der Waals surface area contributed by atoms with Crippen molar-refractivity contribution in [2.24, 2.45) is 0 Å². The van der Waals surface area contributed by atoms with E-state index < -0.39 is 0 Å². The van der Waals surface area contributed by atoms with Crippen LogP contribution in [0.3, 0.4) is 0 Å². The van der Waals surface area contributed by atoms with Crippen molar-refractivity contribution in [3.05, 3.63) is 0 Å². The first-order chi connectivity index (χ1) is 6.22. The van der Waals surface area contributed by atoms with E-state index in [2.05, 4.69) is 17.1 Å². The second-order valence-corrected chi connectivity index (χ2v) is 6.32. The molecule has 13 heavy (non-hydrogen) atoms. The molecular weight excluding hydrogens is 224 g/mol. The standard InChI is InChI=1S/C7H10N2OS3/c1-7(3-10-7)4-12-6-9-8-5(11-2)13-6/h3-4H2,1-2H3. The second-order valence-electron chi connectivity index (χ2n) is 3.07. The number of hydrogen-bond donors (Lipinski definition) is 0. The molecule has 0 amide bonds. The second kappa shape index (κ2) is 3.76. The predicted molar refractivity (Wildman–Crippen MR) is 56.8 cm³/mol. The molecule has 1 atom stereocenters. The molecule has 0 saturated carbocycles. The number of rotatable bonds is 4. The Balaban J connectivity index is 1.87. The molecular formula is C7H10N2OS3. The average molecular weight is 234 g/mol. The number of epoxide rings is 1. The fourth-order valence-electron chi connectivity index (χ4n) is 0.759. The van der Waals surface area contributed by atoms with Crippen LogP contribution in [-0.4, -0.2) is 34.4 Å². The van der Waals surface area contributed by atoms with E-state index >= 15 is 0 Å². The third-order valence-corrected chi connectivity index (χ3v) is 5.08. The van der Waals surface area contributed by atoms with Crippen LogP contribution in [0.4, 0.5) is 0 Å². The van der Waals surface area contributed by atoms with Crippen LogP contribution in [0, 0.1) is 0 Å². The van der Waals surface area contributed by atoms with Crippen molar-refractivity contribution >= 4 is 34.9 Å². The summed E-state index contributed by atoms with van der Waals surface area (Å²) in [5.74, 6) is 0.982. The van der Waals surface area contributed by atoms with Crippen molar-refractivity contribution < 1.29 is 4.74 Å². The summed E-state index contributed by atoms with van der Waals surface area (Å²) in [6, 6.07) is 0. The van der Waals surface area contributed by atoms with Crippen molar-refractivity contribution in [3.8, 4) is 0 Å². The first-order valence-corrected chi connectivity index (χ1v) is 6.89. The van der Waals surface area contributed by atoms with Gasteiger partial charge in [-0.25, -0.2) is 0 Å². The molecule has 0 spiro atoms. The van der Waals surface area contributed by atoms with Gasteiger partial charge in [-0.1, -0.05) is 34.9 Å². The van der Waals surface area contributed by atoms with E-state index in [1.807, 2.05) is 6.26 Å². The number of ether oxygens (including phenoxy) is 1. The number of thioether (sulfide) groups is 2. The van der Waals surface area contributed by atoms with E-state index in [0.717, 1.165) is 21.0 Å². The Hall–Kier alpha value is 0.220. The van der Waals surface area contributed by atoms with Gasteiger partial charge in [0.1, 0.15) is 0 Å². The SMILES string of the molecule is CSc1nnc(SCC2(C)CO2)s1. The molecule has 0 aromatic carbocycles. The molecule has 1 unspecified atom stereocenters. The fraction of sp³-hybridized carbons (Fsp3) is 0.714. The Labute approximate surface area is 89.7 Å². The van der Waals surface area contributed by atoms with Crippen LogP contribution in [0.25, 0.3) is 0 Å². The third kappa shape index (κ3) is 2.59. The van der Waals surface area contributed by atoms with E-state index in [9.17, 15) is 0 Å². The Bertz CT molecular complexity index is 298. The van der Waals surface area contributed by atoms with Gasteiger partial charge in [-0.3, -0.25) is 0 Å². The molecule has 0 radical (unpaired) electrons. The van der Waals surface area contributed by atoms with Gasteiger partial charge in [0.05, 0.1) is 12.2 Å². The van der Waals surface area contributed by atoms with Crippen molar-refractivity contribution in [3.63, 3.8) is 0 Å². The Morgan fingerprint density at radius 1 is 1.54 bits per heavy atom. The summed E-state index contributed by atoms with van der Waals surface area (Å²) in [5.41, 5.74) is 0.107. The molecule has 0 bridgehead atoms. The van der Waals surface area contributed by atoms with Crippen LogP contribution in [0.2, 0.25) is 0 Å². The number of aromatic nitrogens is 2. The summed E-state index contributed by atoms with van der Waals surface area (Å²) in [7, 11) is 0. The average Bonchev–Trinajstić information content (AvgIpc) is 2.69. The summed E-state index contributed by atoms with van der Waals surface area (Å²) in [6.45, 7) is 3.00. The van der Waals surface area contributed by atoms with Gasteiger partial charge in [0.25, 0.3) is 0 Å². The lowest BCUT2D eigenvalue weighted by Gasteiger charge is -1.99. The molecule has 1 saturated heterocycles. The van der Waals surface area contributed by atoms with Gasteiger partial charge in [0.2, 0.25) is 0 Å². The normalized spacial score (nSPS) is 26.3. The van der Waals surface area contributed by atoms with Crippen LogP contribution in [0.15, 0.2) is 8.68 Å². The van der Waals surface area contributed by atoms with Gasteiger partial charge >= 0.3 is 0 Å². The van der Waals surface area contributed by atoms with E-state index in [1.165, 1.54) is 0 Å². The zero-order valence-corrected chi connectivity index (χ0v) is 9.89. The summed E-state index contributed by atoms with van der Waals surface area (Å²) in [4.78, 5) is 0. The van der Waals surface area contributed by atoms with Gasteiger partial charge in [0.15, 0.2) is 8.68 Å². The zero-order chi connectivity index (χ0) is 9.31. The fourth-order valence-corrected chi connectivity index (χ4v) is 3.27. The predicted octanol–water partition coefficient (Wildman–Crippen LogP) is 2.14. The minimum absolute atomic E-state index is 0.107. The molecule has 1 aliphatic rings. The van der Waals surface area contributed by atoms with Crippen molar-refractivity contribution in [1.29, 1.82) is 0 Å². The molecule has 1 aromatic heterocycles. The number of hydrogen-bond acceptors (Lipinski definition) is 6. The lowest BCUT2D eigenvalue weighted by Crippen LogP contribution is -2.07. The molecule has 1 aromatic rings. The maximum atomic E-state index is 5.28. The lowest BCUT2D eigenvalue weighted by molar-refractivity contribution is 0.348. The molecule has 72 valence electrons. The Morgan fingerprint density at radius 3 is 2.77 bits per heavy atom. The summed E-state index contributed by atoms with van der Waals surface area (Å²) < 4.78 is 7.36. The van der Waals surface area contributed by atoms with Crippen molar-refractivity contribution in [2.45, 2.75) is 21.2 Å². The van der Waals surface area contributed by atoms with Gasteiger partial charge < -0.3 is 4.74 Å². The topological polar surface area (TPSA) is 38.3 Å². The van der Waals surface area contributed by atoms with Crippen molar-refractivity contribution in [2.75, 3.05) is 18.6 Å². The van der Waals surface area contributed by atoms with Crippen LogP contribution >= 0.6 is 34.9 Å². The smallest absolute Gasteiger partial charge is 0.175 e. The summed E-state index contributed by atoms with van der Waals surface area (Å²) in [6.07, 6.45) is 2.01. The molecule has 0 N–H and O–H groups in total. The maximum Gasteiger partial charge on any atom is 0.175 e. The van der Waals surface area contributed by atoms with Crippen LogP contribution in [0.1, 0.15) is 6.92 Å². The highest BCUT2D eigenvalue weighted by Gasteiger charge is 2.39. The summed E-state index contributed by atoms with van der Waals surface area (Å²) in [5, 5.41) is 8.10. The first-order valence-electron chi connectivity index (χ1n) is 3.86. The van der Waals surface area contributed by atoms with Gasteiger partial charge in [-0.15, -0.1) is 10.2 Å². The van der Waals surface area contributed by atoms with E-state index in [-0.39, 0.29) is 5.60 Å². The minimum atomic E-state index is 0.107. The zero-order valence-electron chi connectivity index (χ0n) is 7.44. The Morgan fingerprint density at radius 2 is 2.23 bits per heavy atom. The molecule has 0 aliphatic carbocycles. The third-order valence-electron chi connectivity index (χ3n) is 1.70. The largest absolute Gasteiger partial charge is 0.369 e. The summed E-state index contributed by atoms with van der Waals surface area (Å²) >= 11 is 5.02. The molecule has 1 fully saturated rings. The number of nitrogens with zero attached hydrogens (tertiary/aromatic N) is 2. The molecule has 1 aliphatic heterocycles. The van der Waals surface area contributed by atoms with E-state index in [0.29, 0.717) is 0 Å². The first kappa shape index (κ1) is 9.76. The van der Waals surface area contributed by atoms with Crippen LogP contribution < -0.4 is 0 Å². The highest BCUT2D eigenvalue weighted by atomic mass is 32.2. The van der Waals surface area contributed by atoms with Crippen molar-refractivity contribution in [1.82, 2.24) is 10.2 Å². The van der Waals surface area contributed by atoms with E-state index in [4.69, 9.17) is 4.74 Å². The lowest BCUT2D eigenvalue weighted by atomic mass is 10.3. The van der Waals surface area contributed by atoms with Gasteiger partial charge in [0, 0.05) is 5.75 Å². The van der Waals surface area contributed by atoms with E-state index in [1.54, 1.807) is 34.9 Å². The van der Waals surface area contributed by atoms with Gasteiger partial charge in [-0.2, -0.15) is 0 Å². The monoisotopic (exact) mass is 234 g/mol. The molecule has 3 nitrogen and oxygen atoms in total. The van der Waals surface area contributed by atoms with Crippen LogP contribution in [-0.2, 0) is 4.74 Å². The Kier molecular flexibility index (Phi) is 2.83. The van der Waals surface area contributed by atoms with Crippen LogP contribution in [0.5, 0.6) is 0 Å². The highest BCUT2D eigenvalue weighted by molar-refractivity contribution is 8.03. The quantitative estimate of drug-likeness (QED) is 0.589. The molecule has 2 heterocycles.